The van der Waals surface area contributed by atoms with E-state index < -0.39 is 0 Å². The van der Waals surface area contributed by atoms with Crippen molar-refractivity contribution in [2.45, 2.75) is 26.4 Å². The molecule has 3 rings (SSSR count). The number of fused-ring (bicyclic) bond motifs is 1. The highest BCUT2D eigenvalue weighted by molar-refractivity contribution is 9.11. The topological polar surface area (TPSA) is 55.3 Å². The molecule has 0 aromatic carbocycles. The molecule has 0 aliphatic carbocycles. The molecule has 21 heavy (non-hydrogen) atoms. The summed E-state index contributed by atoms with van der Waals surface area (Å²) in [7, 11) is 0. The molecule has 0 bridgehead atoms. The Balaban J connectivity index is 1.73. The zero-order valence-corrected chi connectivity index (χ0v) is 14.3. The first-order chi connectivity index (χ1) is 10.0. The summed E-state index contributed by atoms with van der Waals surface area (Å²) in [6.45, 7) is 5.23. The van der Waals surface area contributed by atoms with Crippen molar-refractivity contribution in [1.29, 1.82) is 0 Å². The fourth-order valence-corrected chi connectivity index (χ4v) is 3.85. The number of halogens is 1. The summed E-state index contributed by atoms with van der Waals surface area (Å²) < 4.78 is 7.01. The Morgan fingerprint density at radius 1 is 1.52 bits per heavy atom. The summed E-state index contributed by atoms with van der Waals surface area (Å²) in [5, 5.41) is 0.919. The number of likely N-dealkylation sites (tertiary alicyclic amines) is 1. The zero-order valence-electron chi connectivity index (χ0n) is 11.9. The lowest BCUT2D eigenvalue weighted by Gasteiger charge is -2.18. The molecule has 0 unspecified atom stereocenters. The number of nitrogens with zero attached hydrogens (tertiary/aromatic N) is 3. The van der Waals surface area contributed by atoms with E-state index in [1.165, 1.54) is 6.33 Å². The standard InChI is InChI=1S/C14H16BrN3O2S/c1-8(2)14(19)18-4-3-9(6-18)20-12-10-5-11(15)21-13(10)17-7-16-12/h5,7-9H,3-4,6H2,1-2H3/t9-/m0/s1. The summed E-state index contributed by atoms with van der Waals surface area (Å²) in [5.41, 5.74) is 0. The van der Waals surface area contributed by atoms with Crippen LogP contribution in [0.1, 0.15) is 20.3 Å². The number of hydrogen-bond acceptors (Lipinski definition) is 5. The van der Waals surface area contributed by atoms with E-state index in [2.05, 4.69) is 25.9 Å². The van der Waals surface area contributed by atoms with E-state index in [0.717, 1.165) is 27.0 Å². The maximum Gasteiger partial charge on any atom is 0.225 e. The van der Waals surface area contributed by atoms with E-state index in [9.17, 15) is 4.79 Å². The van der Waals surface area contributed by atoms with Crippen LogP contribution in [-0.2, 0) is 4.79 Å². The third kappa shape index (κ3) is 3.03. The summed E-state index contributed by atoms with van der Waals surface area (Å²) in [5.74, 6) is 0.820. The molecule has 0 radical (unpaired) electrons. The zero-order chi connectivity index (χ0) is 15.0. The Labute approximate surface area is 135 Å². The molecule has 0 saturated carbocycles. The minimum atomic E-state index is 0.00414. The third-order valence-electron chi connectivity index (χ3n) is 3.49. The second-order valence-corrected chi connectivity index (χ2v) is 7.83. The molecule has 1 aliphatic heterocycles. The van der Waals surface area contributed by atoms with Crippen molar-refractivity contribution in [3.8, 4) is 5.88 Å². The second-order valence-electron chi connectivity index (χ2n) is 5.42. The predicted octanol–water partition coefficient (Wildman–Crippen LogP) is 3.09. The quantitative estimate of drug-likeness (QED) is 0.833. The van der Waals surface area contributed by atoms with Crippen LogP contribution in [0.2, 0.25) is 0 Å². The lowest BCUT2D eigenvalue weighted by molar-refractivity contribution is -0.133. The monoisotopic (exact) mass is 369 g/mol. The van der Waals surface area contributed by atoms with Gasteiger partial charge in [0.05, 0.1) is 15.7 Å². The van der Waals surface area contributed by atoms with Crippen LogP contribution in [0.15, 0.2) is 16.2 Å². The van der Waals surface area contributed by atoms with Crippen LogP contribution in [0.25, 0.3) is 10.2 Å². The van der Waals surface area contributed by atoms with Crippen molar-refractivity contribution in [1.82, 2.24) is 14.9 Å². The molecule has 1 aliphatic rings. The summed E-state index contributed by atoms with van der Waals surface area (Å²) in [6.07, 6.45) is 2.37. The molecular weight excluding hydrogens is 354 g/mol. The molecule has 1 saturated heterocycles. The lowest BCUT2D eigenvalue weighted by Crippen LogP contribution is -2.33. The fourth-order valence-electron chi connectivity index (χ4n) is 2.45. The van der Waals surface area contributed by atoms with Crippen molar-refractivity contribution >= 4 is 43.4 Å². The maximum absolute atomic E-state index is 12.0. The molecule has 112 valence electrons. The van der Waals surface area contributed by atoms with Gasteiger partial charge < -0.3 is 9.64 Å². The largest absolute Gasteiger partial charge is 0.472 e. The Morgan fingerprint density at radius 2 is 2.33 bits per heavy atom. The number of aromatic nitrogens is 2. The summed E-state index contributed by atoms with van der Waals surface area (Å²) in [4.78, 5) is 23.2. The molecule has 7 heteroatoms. The normalized spacial score (nSPS) is 18.7. The lowest BCUT2D eigenvalue weighted by atomic mass is 10.2. The minimum Gasteiger partial charge on any atom is -0.472 e. The van der Waals surface area contributed by atoms with Crippen molar-refractivity contribution in [2.75, 3.05) is 13.1 Å². The van der Waals surface area contributed by atoms with Gasteiger partial charge in [-0.15, -0.1) is 11.3 Å². The third-order valence-corrected chi connectivity index (χ3v) is 5.04. The van der Waals surface area contributed by atoms with Crippen LogP contribution < -0.4 is 4.74 Å². The van der Waals surface area contributed by atoms with Gasteiger partial charge in [0.2, 0.25) is 11.8 Å². The number of rotatable bonds is 3. The molecule has 1 fully saturated rings. The predicted molar refractivity (Wildman–Crippen MR) is 85.6 cm³/mol. The molecule has 1 amide bonds. The second kappa shape index (κ2) is 5.88. The smallest absolute Gasteiger partial charge is 0.225 e. The highest BCUT2D eigenvalue weighted by atomic mass is 79.9. The van der Waals surface area contributed by atoms with Crippen molar-refractivity contribution in [3.63, 3.8) is 0 Å². The summed E-state index contributed by atoms with van der Waals surface area (Å²) in [6, 6.07) is 1.97. The van der Waals surface area contributed by atoms with Gasteiger partial charge in [-0.2, -0.15) is 0 Å². The molecular formula is C14H16BrN3O2S. The van der Waals surface area contributed by atoms with E-state index in [0.29, 0.717) is 12.4 Å². The molecule has 0 N–H and O–H groups in total. The Morgan fingerprint density at radius 3 is 3.10 bits per heavy atom. The van der Waals surface area contributed by atoms with Crippen LogP contribution in [0.3, 0.4) is 0 Å². The molecule has 5 nitrogen and oxygen atoms in total. The van der Waals surface area contributed by atoms with Crippen LogP contribution >= 0.6 is 27.3 Å². The first kappa shape index (κ1) is 14.7. The number of carbonyl (C=O) groups excluding carboxylic acids is 1. The van der Waals surface area contributed by atoms with Gasteiger partial charge in [0.25, 0.3) is 0 Å². The van der Waals surface area contributed by atoms with Crippen LogP contribution in [0, 0.1) is 5.92 Å². The number of amides is 1. The van der Waals surface area contributed by atoms with E-state index in [4.69, 9.17) is 4.74 Å². The van der Waals surface area contributed by atoms with E-state index in [1.54, 1.807) is 11.3 Å². The van der Waals surface area contributed by atoms with Crippen molar-refractivity contribution in [3.05, 3.63) is 16.2 Å². The van der Waals surface area contributed by atoms with Crippen LogP contribution in [0.4, 0.5) is 0 Å². The Hall–Kier alpha value is -1.21. The molecule has 2 aromatic rings. The van der Waals surface area contributed by atoms with Gasteiger partial charge >= 0.3 is 0 Å². The van der Waals surface area contributed by atoms with Gasteiger partial charge in [-0.25, -0.2) is 9.97 Å². The average Bonchev–Trinajstić information content (AvgIpc) is 3.04. The van der Waals surface area contributed by atoms with Crippen molar-refractivity contribution in [2.24, 2.45) is 5.92 Å². The highest BCUT2D eigenvalue weighted by Crippen LogP contribution is 2.33. The molecule has 3 heterocycles. The minimum absolute atomic E-state index is 0.00414. The first-order valence-electron chi connectivity index (χ1n) is 6.90. The molecule has 0 spiro atoms. The van der Waals surface area contributed by atoms with Gasteiger partial charge in [-0.05, 0) is 22.0 Å². The van der Waals surface area contributed by atoms with Gasteiger partial charge in [-0.3, -0.25) is 4.79 Å². The number of carbonyl (C=O) groups is 1. The van der Waals surface area contributed by atoms with Crippen LogP contribution in [0.5, 0.6) is 5.88 Å². The highest BCUT2D eigenvalue weighted by Gasteiger charge is 2.29. The van der Waals surface area contributed by atoms with Crippen molar-refractivity contribution < 1.29 is 9.53 Å². The van der Waals surface area contributed by atoms with E-state index in [-0.39, 0.29) is 17.9 Å². The van der Waals surface area contributed by atoms with Crippen LogP contribution in [-0.4, -0.2) is 40.0 Å². The number of thiophene rings is 1. The summed E-state index contributed by atoms with van der Waals surface area (Å²) >= 11 is 5.01. The van der Waals surface area contributed by atoms with Gasteiger partial charge in [0, 0.05) is 18.9 Å². The number of hydrogen-bond donors (Lipinski definition) is 0. The Bertz CT molecular complexity index is 673. The van der Waals surface area contributed by atoms with E-state index in [1.807, 2.05) is 24.8 Å². The van der Waals surface area contributed by atoms with Gasteiger partial charge in [-0.1, -0.05) is 13.8 Å². The molecule has 1 atom stereocenters. The van der Waals surface area contributed by atoms with Gasteiger partial charge in [0.1, 0.15) is 17.3 Å². The van der Waals surface area contributed by atoms with Gasteiger partial charge in [0.15, 0.2) is 0 Å². The Kier molecular flexibility index (Phi) is 4.12. The van der Waals surface area contributed by atoms with E-state index >= 15 is 0 Å². The first-order valence-corrected chi connectivity index (χ1v) is 8.51. The fraction of sp³-hybridized carbons (Fsp3) is 0.500. The SMILES string of the molecule is CC(C)C(=O)N1CC[C@H](Oc2ncnc3sc(Br)cc23)C1. The maximum atomic E-state index is 12.0. The average molecular weight is 370 g/mol. The number of ether oxygens (including phenoxy) is 1. The molecule has 2 aromatic heterocycles.